The van der Waals surface area contributed by atoms with Crippen molar-refractivity contribution >= 4 is 0 Å². The first-order valence-electron chi connectivity index (χ1n) is 7.54. The molecule has 0 radical (unpaired) electrons. The van der Waals surface area contributed by atoms with Gasteiger partial charge in [-0.1, -0.05) is 48.5 Å². The topological polar surface area (TPSA) is 23.5 Å². The normalized spacial score (nSPS) is 12.6. The third-order valence-electron chi connectivity index (χ3n) is 4.00. The number of aliphatic hydroxyl groups excluding tert-OH is 1. The molecule has 21 heavy (non-hydrogen) atoms. The van der Waals surface area contributed by atoms with Crippen molar-refractivity contribution in [2.24, 2.45) is 0 Å². The van der Waals surface area contributed by atoms with Gasteiger partial charge in [-0.25, -0.2) is 0 Å². The third-order valence-corrected chi connectivity index (χ3v) is 4.00. The van der Waals surface area contributed by atoms with Gasteiger partial charge in [0, 0.05) is 13.1 Å². The zero-order valence-corrected chi connectivity index (χ0v) is 13.2. The summed E-state index contributed by atoms with van der Waals surface area (Å²) in [7, 11) is 2.10. The fourth-order valence-corrected chi connectivity index (χ4v) is 2.46. The van der Waals surface area contributed by atoms with Crippen LogP contribution in [0.3, 0.4) is 0 Å². The SMILES string of the molecule is Cc1ccc(C(O)CCN(C)Cc2ccccc2)cc1C. The van der Waals surface area contributed by atoms with Gasteiger partial charge >= 0.3 is 0 Å². The lowest BCUT2D eigenvalue weighted by atomic mass is 10.0. The van der Waals surface area contributed by atoms with Crippen LogP contribution in [-0.2, 0) is 6.54 Å². The van der Waals surface area contributed by atoms with Crippen LogP contribution in [0.1, 0.15) is 34.8 Å². The van der Waals surface area contributed by atoms with Gasteiger partial charge in [0.2, 0.25) is 0 Å². The van der Waals surface area contributed by atoms with Crippen LogP contribution < -0.4 is 0 Å². The molecule has 0 aliphatic heterocycles. The maximum absolute atomic E-state index is 10.3. The standard InChI is InChI=1S/C19H25NO/c1-15-9-10-18(13-16(15)2)19(21)11-12-20(3)14-17-7-5-4-6-8-17/h4-10,13,19,21H,11-12,14H2,1-3H3. The van der Waals surface area contributed by atoms with E-state index in [2.05, 4.69) is 62.2 Å². The second kappa shape index (κ2) is 7.39. The van der Waals surface area contributed by atoms with Gasteiger partial charge in [0.25, 0.3) is 0 Å². The maximum Gasteiger partial charge on any atom is 0.0802 e. The second-order valence-electron chi connectivity index (χ2n) is 5.87. The Hall–Kier alpha value is -1.64. The Morgan fingerprint density at radius 2 is 1.71 bits per heavy atom. The zero-order chi connectivity index (χ0) is 15.2. The highest BCUT2D eigenvalue weighted by Gasteiger charge is 2.10. The van der Waals surface area contributed by atoms with Crippen molar-refractivity contribution in [2.75, 3.05) is 13.6 Å². The number of hydrogen-bond acceptors (Lipinski definition) is 2. The second-order valence-corrected chi connectivity index (χ2v) is 5.87. The zero-order valence-electron chi connectivity index (χ0n) is 13.2. The smallest absolute Gasteiger partial charge is 0.0802 e. The van der Waals surface area contributed by atoms with Crippen molar-refractivity contribution < 1.29 is 5.11 Å². The summed E-state index contributed by atoms with van der Waals surface area (Å²) in [5, 5.41) is 10.3. The van der Waals surface area contributed by atoms with E-state index < -0.39 is 0 Å². The lowest BCUT2D eigenvalue weighted by Gasteiger charge is -2.19. The molecular weight excluding hydrogens is 258 g/mol. The molecule has 0 aromatic heterocycles. The van der Waals surface area contributed by atoms with Crippen molar-refractivity contribution in [3.05, 3.63) is 70.8 Å². The summed E-state index contributed by atoms with van der Waals surface area (Å²) < 4.78 is 0. The molecule has 2 nitrogen and oxygen atoms in total. The lowest BCUT2D eigenvalue weighted by Crippen LogP contribution is -2.20. The summed E-state index contributed by atoms with van der Waals surface area (Å²) in [6, 6.07) is 16.6. The average Bonchev–Trinajstić information content (AvgIpc) is 2.48. The van der Waals surface area contributed by atoms with E-state index in [1.54, 1.807) is 0 Å². The van der Waals surface area contributed by atoms with Crippen LogP contribution >= 0.6 is 0 Å². The molecule has 0 aliphatic rings. The van der Waals surface area contributed by atoms with Gasteiger partial charge in [0.15, 0.2) is 0 Å². The molecule has 1 atom stereocenters. The molecule has 1 unspecified atom stereocenters. The summed E-state index contributed by atoms with van der Waals surface area (Å²) in [4.78, 5) is 2.25. The molecule has 2 aromatic rings. The summed E-state index contributed by atoms with van der Waals surface area (Å²) in [6.07, 6.45) is 0.369. The van der Waals surface area contributed by atoms with Gasteiger partial charge < -0.3 is 10.0 Å². The maximum atomic E-state index is 10.3. The molecule has 0 spiro atoms. The van der Waals surface area contributed by atoms with E-state index in [-0.39, 0.29) is 6.10 Å². The molecule has 2 aromatic carbocycles. The molecule has 0 bridgehead atoms. The highest BCUT2D eigenvalue weighted by atomic mass is 16.3. The molecule has 0 saturated heterocycles. The largest absolute Gasteiger partial charge is 0.388 e. The highest BCUT2D eigenvalue weighted by molar-refractivity contribution is 5.31. The molecule has 0 fully saturated rings. The van der Waals surface area contributed by atoms with Crippen molar-refractivity contribution in [2.45, 2.75) is 32.9 Å². The fourth-order valence-electron chi connectivity index (χ4n) is 2.46. The number of hydrogen-bond donors (Lipinski definition) is 1. The quantitative estimate of drug-likeness (QED) is 0.870. The molecule has 2 rings (SSSR count). The van der Waals surface area contributed by atoms with Gasteiger partial charge in [0.1, 0.15) is 0 Å². The predicted octanol–water partition coefficient (Wildman–Crippen LogP) is 3.86. The van der Waals surface area contributed by atoms with Gasteiger partial charge in [0.05, 0.1) is 6.10 Å². The molecule has 0 heterocycles. The molecule has 0 amide bonds. The van der Waals surface area contributed by atoms with Crippen LogP contribution in [-0.4, -0.2) is 23.6 Å². The van der Waals surface area contributed by atoms with Crippen molar-refractivity contribution in [1.29, 1.82) is 0 Å². The van der Waals surface area contributed by atoms with Gasteiger partial charge in [-0.2, -0.15) is 0 Å². The van der Waals surface area contributed by atoms with E-state index in [0.29, 0.717) is 0 Å². The van der Waals surface area contributed by atoms with E-state index in [9.17, 15) is 5.11 Å². The predicted molar refractivity (Wildman–Crippen MR) is 88.3 cm³/mol. The molecular formula is C19H25NO. The number of nitrogens with zero attached hydrogens (tertiary/aromatic N) is 1. The van der Waals surface area contributed by atoms with E-state index >= 15 is 0 Å². The van der Waals surface area contributed by atoms with Gasteiger partial charge in [-0.15, -0.1) is 0 Å². The Kier molecular flexibility index (Phi) is 5.54. The summed E-state index contributed by atoms with van der Waals surface area (Å²) in [6.45, 7) is 5.98. The van der Waals surface area contributed by atoms with Crippen LogP contribution in [0.15, 0.2) is 48.5 Å². The monoisotopic (exact) mass is 283 g/mol. The van der Waals surface area contributed by atoms with E-state index in [1.807, 2.05) is 12.1 Å². The first-order valence-corrected chi connectivity index (χ1v) is 7.54. The Balaban J connectivity index is 1.85. The molecule has 2 heteroatoms. The Bertz CT molecular complexity index is 565. The van der Waals surface area contributed by atoms with Crippen molar-refractivity contribution in [3.8, 4) is 0 Å². The lowest BCUT2D eigenvalue weighted by molar-refractivity contribution is 0.147. The summed E-state index contributed by atoms with van der Waals surface area (Å²) in [5.74, 6) is 0. The van der Waals surface area contributed by atoms with Crippen LogP contribution in [0, 0.1) is 13.8 Å². The van der Waals surface area contributed by atoms with E-state index in [4.69, 9.17) is 0 Å². The molecule has 1 N–H and O–H groups in total. The highest BCUT2D eigenvalue weighted by Crippen LogP contribution is 2.20. The van der Waals surface area contributed by atoms with Gasteiger partial charge in [-0.3, -0.25) is 0 Å². The minimum atomic E-state index is -0.387. The minimum absolute atomic E-state index is 0.387. The number of aliphatic hydroxyl groups is 1. The fraction of sp³-hybridized carbons (Fsp3) is 0.368. The van der Waals surface area contributed by atoms with Crippen LogP contribution in [0.5, 0.6) is 0 Å². The number of benzene rings is 2. The first-order chi connectivity index (χ1) is 10.1. The van der Waals surface area contributed by atoms with Crippen LogP contribution in [0.2, 0.25) is 0 Å². The Morgan fingerprint density at radius 1 is 1.00 bits per heavy atom. The number of rotatable bonds is 6. The molecule has 0 saturated carbocycles. The summed E-state index contributed by atoms with van der Waals surface area (Å²) in [5.41, 5.74) is 4.84. The molecule has 112 valence electrons. The van der Waals surface area contributed by atoms with Crippen LogP contribution in [0.4, 0.5) is 0 Å². The van der Waals surface area contributed by atoms with E-state index in [1.165, 1.54) is 16.7 Å². The average molecular weight is 283 g/mol. The third kappa shape index (κ3) is 4.69. The Morgan fingerprint density at radius 3 is 2.38 bits per heavy atom. The molecule has 0 aliphatic carbocycles. The van der Waals surface area contributed by atoms with Crippen molar-refractivity contribution in [1.82, 2.24) is 4.90 Å². The minimum Gasteiger partial charge on any atom is -0.388 e. The summed E-state index contributed by atoms with van der Waals surface area (Å²) >= 11 is 0. The van der Waals surface area contributed by atoms with E-state index in [0.717, 1.165) is 25.1 Å². The Labute approximate surface area is 128 Å². The first kappa shape index (κ1) is 15.7. The number of aryl methyl sites for hydroxylation is 2. The van der Waals surface area contributed by atoms with Crippen LogP contribution in [0.25, 0.3) is 0 Å². The van der Waals surface area contributed by atoms with Gasteiger partial charge in [-0.05, 0) is 49.6 Å². The van der Waals surface area contributed by atoms with Crippen molar-refractivity contribution in [3.63, 3.8) is 0 Å².